The van der Waals surface area contributed by atoms with Crippen LogP contribution in [0.25, 0.3) is 0 Å². The van der Waals surface area contributed by atoms with Crippen molar-refractivity contribution in [1.82, 2.24) is 20.8 Å². The molecule has 1 aromatic heterocycles. The van der Waals surface area contributed by atoms with E-state index in [4.69, 9.17) is 9.15 Å². The molecule has 2 atom stereocenters. The summed E-state index contributed by atoms with van der Waals surface area (Å²) >= 11 is 0. The van der Waals surface area contributed by atoms with Crippen molar-refractivity contribution in [1.29, 1.82) is 0 Å². The Labute approximate surface area is 111 Å². The van der Waals surface area contributed by atoms with Gasteiger partial charge >= 0.3 is 6.01 Å². The van der Waals surface area contributed by atoms with E-state index in [0.29, 0.717) is 31.7 Å². The van der Waals surface area contributed by atoms with Gasteiger partial charge in [0, 0.05) is 13.6 Å². The van der Waals surface area contributed by atoms with Crippen LogP contribution in [0.2, 0.25) is 0 Å². The number of amides is 1. The third-order valence-corrected chi connectivity index (χ3v) is 3.16. The number of carbonyl (C=O) groups is 1. The molecule has 0 spiro atoms. The summed E-state index contributed by atoms with van der Waals surface area (Å²) < 4.78 is 10.9. The Bertz CT molecular complexity index is 436. The lowest BCUT2D eigenvalue weighted by Gasteiger charge is -2.32. The Morgan fingerprint density at radius 3 is 2.95 bits per heavy atom. The lowest BCUT2D eigenvalue weighted by atomic mass is 10.2. The van der Waals surface area contributed by atoms with Crippen LogP contribution in [-0.4, -0.2) is 56.0 Å². The predicted octanol–water partition coefficient (Wildman–Crippen LogP) is -0.699. The number of hydrogen-bond acceptors (Lipinski definition) is 7. The van der Waals surface area contributed by atoms with Crippen LogP contribution in [0.1, 0.15) is 18.9 Å². The molecule has 1 fully saturated rings. The minimum Gasteiger partial charge on any atom is -0.406 e. The fraction of sp³-hybridized carbons (Fsp3) is 0.727. The molecule has 1 saturated heterocycles. The Morgan fingerprint density at radius 2 is 2.26 bits per heavy atom. The second kappa shape index (κ2) is 5.98. The molecule has 1 aliphatic rings. The van der Waals surface area contributed by atoms with Gasteiger partial charge in [-0.25, -0.2) is 0 Å². The highest BCUT2D eigenvalue weighted by atomic mass is 16.5. The van der Waals surface area contributed by atoms with E-state index < -0.39 is 6.04 Å². The van der Waals surface area contributed by atoms with Crippen molar-refractivity contribution in [3.8, 4) is 0 Å². The molecule has 2 N–H and O–H groups in total. The van der Waals surface area contributed by atoms with Crippen molar-refractivity contribution in [3.05, 3.63) is 5.89 Å². The number of rotatable bonds is 4. The molecule has 0 bridgehead atoms. The van der Waals surface area contributed by atoms with Gasteiger partial charge in [0.2, 0.25) is 11.8 Å². The van der Waals surface area contributed by atoms with Crippen LogP contribution in [0.3, 0.4) is 0 Å². The summed E-state index contributed by atoms with van der Waals surface area (Å²) in [6.07, 6.45) is 0. The number of hydrogen-bond donors (Lipinski definition) is 2. The maximum atomic E-state index is 11.8. The molecule has 0 saturated carbocycles. The zero-order chi connectivity index (χ0) is 13.8. The van der Waals surface area contributed by atoms with Gasteiger partial charge in [-0.2, -0.15) is 0 Å². The molecule has 8 nitrogen and oxygen atoms in total. The fourth-order valence-electron chi connectivity index (χ4n) is 1.86. The summed E-state index contributed by atoms with van der Waals surface area (Å²) in [5.74, 6) is 0.376. The van der Waals surface area contributed by atoms with Crippen molar-refractivity contribution in [3.63, 3.8) is 0 Å². The van der Waals surface area contributed by atoms with E-state index in [1.807, 2.05) is 14.0 Å². The van der Waals surface area contributed by atoms with Crippen LogP contribution >= 0.6 is 0 Å². The largest absolute Gasteiger partial charge is 0.406 e. The fourth-order valence-corrected chi connectivity index (χ4v) is 1.86. The molecular formula is C11H19N5O3. The third-order valence-electron chi connectivity index (χ3n) is 3.16. The minimum absolute atomic E-state index is 0.0271. The molecule has 0 aromatic carbocycles. The molecule has 2 unspecified atom stereocenters. The molecule has 1 amide bonds. The van der Waals surface area contributed by atoms with E-state index in [1.165, 1.54) is 0 Å². The summed E-state index contributed by atoms with van der Waals surface area (Å²) in [5.41, 5.74) is 0. The highest BCUT2D eigenvalue weighted by Gasteiger charge is 2.32. The standard InChI is InChI=1S/C11H19N5O3/c1-7(12-2)10-14-15-11(19-10)16-4-5-18-6-8(16)9(17)13-3/h7-8,12H,4-6H2,1-3H3,(H,13,17). The van der Waals surface area contributed by atoms with Gasteiger partial charge in [-0.1, -0.05) is 5.10 Å². The number of ether oxygens (including phenoxy) is 1. The third kappa shape index (κ3) is 2.85. The number of morpholine rings is 1. The first kappa shape index (κ1) is 13.8. The summed E-state index contributed by atoms with van der Waals surface area (Å²) in [6, 6.07) is -0.105. The summed E-state index contributed by atoms with van der Waals surface area (Å²) in [4.78, 5) is 13.6. The summed E-state index contributed by atoms with van der Waals surface area (Å²) in [6.45, 7) is 3.33. The van der Waals surface area contributed by atoms with Crippen LogP contribution in [0, 0.1) is 0 Å². The normalized spacial score (nSPS) is 21.2. The molecule has 8 heteroatoms. The molecule has 19 heavy (non-hydrogen) atoms. The second-order valence-electron chi connectivity index (χ2n) is 4.33. The van der Waals surface area contributed by atoms with E-state index in [9.17, 15) is 4.79 Å². The number of nitrogens with zero attached hydrogens (tertiary/aromatic N) is 3. The number of likely N-dealkylation sites (N-methyl/N-ethyl adjacent to an activating group) is 1. The maximum absolute atomic E-state index is 11.8. The van der Waals surface area contributed by atoms with Crippen molar-refractivity contribution in [2.45, 2.75) is 19.0 Å². The van der Waals surface area contributed by atoms with Crippen molar-refractivity contribution >= 4 is 11.9 Å². The molecule has 0 radical (unpaired) electrons. The first-order valence-electron chi connectivity index (χ1n) is 6.24. The number of nitrogens with one attached hydrogen (secondary N) is 2. The minimum atomic E-state index is -0.433. The monoisotopic (exact) mass is 269 g/mol. The van der Waals surface area contributed by atoms with Gasteiger partial charge in [-0.15, -0.1) is 5.10 Å². The molecular weight excluding hydrogens is 250 g/mol. The maximum Gasteiger partial charge on any atom is 0.319 e. The van der Waals surface area contributed by atoms with Gasteiger partial charge in [0.25, 0.3) is 0 Å². The molecule has 0 aliphatic carbocycles. The first-order chi connectivity index (χ1) is 9.17. The van der Waals surface area contributed by atoms with Gasteiger partial charge in [-0.3, -0.25) is 4.79 Å². The van der Waals surface area contributed by atoms with Crippen LogP contribution in [0.4, 0.5) is 6.01 Å². The van der Waals surface area contributed by atoms with Gasteiger partial charge in [0.1, 0.15) is 6.04 Å². The molecule has 1 aromatic rings. The van der Waals surface area contributed by atoms with Gasteiger partial charge in [-0.05, 0) is 14.0 Å². The van der Waals surface area contributed by atoms with Crippen molar-refractivity contribution < 1.29 is 13.9 Å². The zero-order valence-electron chi connectivity index (χ0n) is 11.3. The molecule has 2 heterocycles. The SMILES string of the molecule is CNC(=O)C1COCCN1c1nnc(C(C)NC)o1. The van der Waals surface area contributed by atoms with Crippen LogP contribution in [0.15, 0.2) is 4.42 Å². The topological polar surface area (TPSA) is 92.5 Å². The smallest absolute Gasteiger partial charge is 0.319 e. The molecule has 1 aliphatic heterocycles. The summed E-state index contributed by atoms with van der Waals surface area (Å²) in [7, 11) is 3.41. The lowest BCUT2D eigenvalue weighted by Crippen LogP contribution is -2.53. The Balaban J connectivity index is 2.18. The van der Waals surface area contributed by atoms with E-state index in [-0.39, 0.29) is 11.9 Å². The first-order valence-corrected chi connectivity index (χ1v) is 6.24. The van der Waals surface area contributed by atoms with Crippen LogP contribution in [0.5, 0.6) is 0 Å². The summed E-state index contributed by atoms with van der Waals surface area (Å²) in [5, 5.41) is 13.6. The average molecular weight is 269 g/mol. The lowest BCUT2D eigenvalue weighted by molar-refractivity contribution is -0.124. The predicted molar refractivity (Wildman–Crippen MR) is 67.8 cm³/mol. The average Bonchev–Trinajstić information content (AvgIpc) is 2.95. The number of anilines is 1. The van der Waals surface area contributed by atoms with Crippen LogP contribution < -0.4 is 15.5 Å². The molecule has 106 valence electrons. The van der Waals surface area contributed by atoms with E-state index in [1.54, 1.807) is 11.9 Å². The van der Waals surface area contributed by atoms with E-state index in [2.05, 4.69) is 20.8 Å². The number of carbonyl (C=O) groups excluding carboxylic acids is 1. The Hall–Kier alpha value is -1.67. The highest BCUT2D eigenvalue weighted by Crippen LogP contribution is 2.21. The quantitative estimate of drug-likeness (QED) is 0.746. The van der Waals surface area contributed by atoms with Crippen LogP contribution in [-0.2, 0) is 9.53 Å². The van der Waals surface area contributed by atoms with Gasteiger partial charge in [0.15, 0.2) is 0 Å². The molecule has 2 rings (SSSR count). The second-order valence-corrected chi connectivity index (χ2v) is 4.33. The van der Waals surface area contributed by atoms with E-state index >= 15 is 0 Å². The number of aromatic nitrogens is 2. The van der Waals surface area contributed by atoms with Gasteiger partial charge in [0.05, 0.1) is 19.3 Å². The van der Waals surface area contributed by atoms with E-state index in [0.717, 1.165) is 0 Å². The van der Waals surface area contributed by atoms with Crippen molar-refractivity contribution in [2.24, 2.45) is 0 Å². The van der Waals surface area contributed by atoms with Gasteiger partial charge < -0.3 is 24.7 Å². The Morgan fingerprint density at radius 1 is 1.47 bits per heavy atom. The van der Waals surface area contributed by atoms with Crippen molar-refractivity contribution in [2.75, 3.05) is 38.8 Å². The highest BCUT2D eigenvalue weighted by molar-refractivity contribution is 5.84. The zero-order valence-corrected chi connectivity index (χ0v) is 11.3. The Kier molecular flexibility index (Phi) is 4.33.